The summed E-state index contributed by atoms with van der Waals surface area (Å²) in [6, 6.07) is -6.00. The molecule has 0 spiro atoms. The van der Waals surface area contributed by atoms with Crippen molar-refractivity contribution >= 4 is 35.5 Å². The van der Waals surface area contributed by atoms with Gasteiger partial charge in [-0.05, 0) is 0 Å². The molecule has 0 aromatic rings. The Morgan fingerprint density at radius 1 is 0.606 bits per heavy atom. The van der Waals surface area contributed by atoms with E-state index in [9.17, 15) is 44.1 Å². The van der Waals surface area contributed by atoms with Crippen molar-refractivity contribution in [2.45, 2.75) is 24.2 Å². The second-order valence-electron chi connectivity index (χ2n) is 6.41. The molecule has 0 aromatic carbocycles. The Kier molecular flexibility index (Phi) is 13.8. The van der Waals surface area contributed by atoms with Gasteiger partial charge in [0.2, 0.25) is 29.5 Å². The highest BCUT2D eigenvalue weighted by atomic mass is 16.4. The van der Waals surface area contributed by atoms with Crippen LogP contribution in [0, 0.1) is 0 Å². The van der Waals surface area contributed by atoms with Gasteiger partial charge in [0, 0.05) is 0 Å². The molecule has 0 unspecified atom stereocenters. The Morgan fingerprint density at radius 3 is 1.45 bits per heavy atom. The third kappa shape index (κ3) is 11.2. The summed E-state index contributed by atoms with van der Waals surface area (Å²) in [5, 5.41) is 55.1. The van der Waals surface area contributed by atoms with E-state index in [2.05, 4.69) is 5.32 Å². The van der Waals surface area contributed by atoms with Crippen LogP contribution in [0.2, 0.25) is 0 Å². The maximum Gasteiger partial charge on any atom is 0.322 e. The van der Waals surface area contributed by atoms with E-state index in [0.717, 1.165) is 0 Å². The highest BCUT2D eigenvalue weighted by Gasteiger charge is 2.27. The molecule has 188 valence electrons. The number of carbonyl (C=O) groups is 6. The highest BCUT2D eigenvalue weighted by molar-refractivity contribution is 5.95. The number of hydrogen-bond donors (Lipinski definition) is 11. The summed E-state index contributed by atoms with van der Waals surface area (Å²) < 4.78 is 0. The standard InChI is InChI=1S/C16H28N6O11/c17-7(3-23)13(30)21-8(4-24)14(31)18-1-11(27)20-10(6-26)16(33)22-9(5-25)15(32)19-2-12(28)29/h7-10,23-26H,1-6,17H2,(H,18,31)(H,19,32)(H,20,27)(H,21,30)(H,22,33)(H,28,29)/t7-,8-,9-,10-/m0/s1. The molecule has 0 radical (unpaired) electrons. The number of amides is 5. The summed E-state index contributed by atoms with van der Waals surface area (Å²) in [6.45, 7) is -4.93. The van der Waals surface area contributed by atoms with Crippen molar-refractivity contribution in [1.82, 2.24) is 26.6 Å². The first-order chi connectivity index (χ1) is 15.5. The molecule has 0 rings (SSSR count). The summed E-state index contributed by atoms with van der Waals surface area (Å²) in [7, 11) is 0. The van der Waals surface area contributed by atoms with Crippen LogP contribution in [0.1, 0.15) is 0 Å². The first-order valence-electron chi connectivity index (χ1n) is 9.36. The minimum Gasteiger partial charge on any atom is -0.480 e. The minimum atomic E-state index is -1.60. The first-order valence-corrected chi connectivity index (χ1v) is 9.36. The minimum absolute atomic E-state index is 0.711. The lowest BCUT2D eigenvalue weighted by molar-refractivity contribution is -0.139. The quantitative estimate of drug-likeness (QED) is 0.104. The fraction of sp³-hybridized carbons (Fsp3) is 0.625. The molecule has 0 aliphatic carbocycles. The topological polar surface area (TPSA) is 290 Å². The molecule has 0 fully saturated rings. The van der Waals surface area contributed by atoms with Crippen LogP contribution >= 0.6 is 0 Å². The summed E-state index contributed by atoms with van der Waals surface area (Å²) in [5.74, 6) is -6.40. The van der Waals surface area contributed by atoms with Crippen LogP contribution in [0.4, 0.5) is 0 Å². The zero-order valence-electron chi connectivity index (χ0n) is 17.3. The monoisotopic (exact) mass is 480 g/mol. The van der Waals surface area contributed by atoms with Gasteiger partial charge in [-0.25, -0.2) is 0 Å². The summed E-state index contributed by atoms with van der Waals surface area (Å²) >= 11 is 0. The molecular weight excluding hydrogens is 452 g/mol. The van der Waals surface area contributed by atoms with Crippen molar-refractivity contribution < 1.29 is 54.3 Å². The van der Waals surface area contributed by atoms with Crippen LogP contribution in [-0.4, -0.2) is 125 Å². The lowest BCUT2D eigenvalue weighted by atomic mass is 10.2. The zero-order valence-corrected chi connectivity index (χ0v) is 17.3. The largest absolute Gasteiger partial charge is 0.480 e. The van der Waals surface area contributed by atoms with Crippen LogP contribution in [0.25, 0.3) is 0 Å². The molecule has 0 saturated carbocycles. The molecule has 5 amide bonds. The Hall–Kier alpha value is -3.38. The van der Waals surface area contributed by atoms with Crippen LogP contribution in [0.5, 0.6) is 0 Å². The molecule has 12 N–H and O–H groups in total. The SMILES string of the molecule is N[C@@H](CO)C(=O)N[C@@H](CO)C(=O)NCC(=O)N[C@@H](CO)C(=O)N[C@@H](CO)C(=O)NCC(=O)O. The van der Waals surface area contributed by atoms with E-state index in [1.165, 1.54) is 0 Å². The van der Waals surface area contributed by atoms with Crippen molar-refractivity contribution in [1.29, 1.82) is 0 Å². The molecule has 0 bridgehead atoms. The smallest absolute Gasteiger partial charge is 0.322 e. The number of carboxylic acids is 1. The second kappa shape index (κ2) is 15.4. The van der Waals surface area contributed by atoms with Gasteiger partial charge in [0.15, 0.2) is 0 Å². The summed E-state index contributed by atoms with van der Waals surface area (Å²) in [5.41, 5.74) is 5.27. The number of hydrogen-bond acceptors (Lipinski definition) is 11. The third-order valence-corrected chi connectivity index (χ3v) is 3.84. The highest BCUT2D eigenvalue weighted by Crippen LogP contribution is 1.90. The molecule has 33 heavy (non-hydrogen) atoms. The number of aliphatic carboxylic acids is 1. The van der Waals surface area contributed by atoms with Gasteiger partial charge in [0.25, 0.3) is 0 Å². The third-order valence-electron chi connectivity index (χ3n) is 3.84. The van der Waals surface area contributed by atoms with E-state index >= 15 is 0 Å². The molecule has 0 saturated heterocycles. The van der Waals surface area contributed by atoms with E-state index in [1.807, 2.05) is 21.3 Å². The maximum absolute atomic E-state index is 12.1. The molecule has 0 heterocycles. The number of nitrogens with two attached hydrogens (primary N) is 1. The van der Waals surface area contributed by atoms with Gasteiger partial charge in [-0.1, -0.05) is 0 Å². The van der Waals surface area contributed by atoms with Crippen molar-refractivity contribution in [2.24, 2.45) is 5.73 Å². The molecule has 0 aliphatic heterocycles. The number of rotatable bonds is 15. The van der Waals surface area contributed by atoms with E-state index in [1.54, 1.807) is 0 Å². The van der Waals surface area contributed by atoms with Gasteiger partial charge >= 0.3 is 5.97 Å². The molecule has 0 aromatic heterocycles. The average Bonchev–Trinajstić information content (AvgIpc) is 2.79. The number of nitrogens with one attached hydrogen (secondary N) is 5. The number of aliphatic hydroxyl groups excluding tert-OH is 4. The van der Waals surface area contributed by atoms with Gasteiger partial charge < -0.3 is 57.9 Å². The molecule has 0 aliphatic rings. The first kappa shape index (κ1) is 29.6. The fourth-order valence-corrected chi connectivity index (χ4v) is 2.04. The predicted molar refractivity (Wildman–Crippen MR) is 106 cm³/mol. The Labute approximate surface area is 186 Å². The van der Waals surface area contributed by atoms with Gasteiger partial charge in [-0.2, -0.15) is 0 Å². The fourth-order valence-electron chi connectivity index (χ4n) is 2.04. The van der Waals surface area contributed by atoms with Crippen LogP contribution in [-0.2, 0) is 28.8 Å². The van der Waals surface area contributed by atoms with Crippen LogP contribution in [0.3, 0.4) is 0 Å². The Morgan fingerprint density at radius 2 is 1.03 bits per heavy atom. The van der Waals surface area contributed by atoms with Crippen molar-refractivity contribution in [2.75, 3.05) is 39.5 Å². The summed E-state index contributed by atoms with van der Waals surface area (Å²) in [4.78, 5) is 69.8. The van der Waals surface area contributed by atoms with E-state index in [4.69, 9.17) is 15.9 Å². The van der Waals surface area contributed by atoms with Gasteiger partial charge in [0.1, 0.15) is 30.7 Å². The van der Waals surface area contributed by atoms with Gasteiger partial charge in [0.05, 0.1) is 33.0 Å². The Balaban J connectivity index is 4.76. The van der Waals surface area contributed by atoms with Crippen LogP contribution < -0.4 is 32.3 Å². The van der Waals surface area contributed by atoms with Crippen LogP contribution in [0.15, 0.2) is 0 Å². The normalized spacial score (nSPS) is 14.1. The number of carboxylic acid groups (broad SMARTS) is 1. The number of aliphatic hydroxyl groups is 4. The van der Waals surface area contributed by atoms with Gasteiger partial charge in [-0.15, -0.1) is 0 Å². The van der Waals surface area contributed by atoms with E-state index in [-0.39, 0.29) is 0 Å². The van der Waals surface area contributed by atoms with E-state index < -0.39 is 99.2 Å². The molecule has 17 heteroatoms. The average molecular weight is 480 g/mol. The molecular formula is C16H28N6O11. The van der Waals surface area contributed by atoms with Gasteiger partial charge in [-0.3, -0.25) is 28.8 Å². The predicted octanol–water partition coefficient (Wildman–Crippen LogP) is -7.95. The lowest BCUT2D eigenvalue weighted by Gasteiger charge is -2.21. The Bertz CT molecular complexity index is 719. The zero-order chi connectivity index (χ0) is 25.6. The molecule has 17 nitrogen and oxygen atoms in total. The molecule has 4 atom stereocenters. The van der Waals surface area contributed by atoms with Crippen molar-refractivity contribution in [3.05, 3.63) is 0 Å². The second-order valence-corrected chi connectivity index (χ2v) is 6.41. The maximum atomic E-state index is 12.1. The number of carbonyl (C=O) groups excluding carboxylic acids is 5. The summed E-state index contributed by atoms with van der Waals surface area (Å²) in [6.07, 6.45) is 0. The van der Waals surface area contributed by atoms with Crippen molar-refractivity contribution in [3.63, 3.8) is 0 Å². The lowest BCUT2D eigenvalue weighted by Crippen LogP contribution is -2.58. The van der Waals surface area contributed by atoms with Crippen molar-refractivity contribution in [3.8, 4) is 0 Å². The van der Waals surface area contributed by atoms with E-state index in [0.29, 0.717) is 0 Å².